The molecule has 0 bridgehead atoms. The zero-order chi connectivity index (χ0) is 20.8. The molecule has 0 aliphatic heterocycles. The van der Waals surface area contributed by atoms with E-state index >= 15 is 0 Å². The number of hydrogen-bond donors (Lipinski definition) is 2. The quantitative estimate of drug-likeness (QED) is 0.601. The van der Waals surface area contributed by atoms with E-state index in [-0.39, 0.29) is 11.5 Å². The highest BCUT2D eigenvalue weighted by atomic mass is 32.1. The molecule has 2 aromatic carbocycles. The van der Waals surface area contributed by atoms with E-state index in [0.717, 1.165) is 11.3 Å². The van der Waals surface area contributed by atoms with E-state index in [1.165, 1.54) is 37.3 Å². The van der Waals surface area contributed by atoms with Gasteiger partial charge in [-0.2, -0.15) is 0 Å². The number of hydrogen-bond acceptors (Lipinski definition) is 6. The average Bonchev–Trinajstić information content (AvgIpc) is 3.17. The average molecular weight is 409 g/mol. The summed E-state index contributed by atoms with van der Waals surface area (Å²) < 4.78 is 5.22. The van der Waals surface area contributed by atoms with E-state index in [4.69, 9.17) is 4.74 Å². The number of ether oxygens (including phenoxy) is 1. The van der Waals surface area contributed by atoms with Gasteiger partial charge in [0.1, 0.15) is 0 Å². The van der Waals surface area contributed by atoms with E-state index in [2.05, 4.69) is 15.6 Å². The zero-order valence-corrected chi connectivity index (χ0v) is 16.7. The molecule has 2 amide bonds. The molecule has 29 heavy (non-hydrogen) atoms. The van der Waals surface area contributed by atoms with Crippen molar-refractivity contribution in [3.8, 4) is 11.3 Å². The van der Waals surface area contributed by atoms with Crippen LogP contribution in [0.25, 0.3) is 11.3 Å². The summed E-state index contributed by atoms with van der Waals surface area (Å²) in [6.45, 7) is 2.89. The zero-order valence-electron chi connectivity index (χ0n) is 15.8. The van der Waals surface area contributed by atoms with Gasteiger partial charge in [0.05, 0.1) is 11.3 Å². The fraction of sp³-hybridized carbons (Fsp3) is 0.143. The number of carbonyl (C=O) groups is 3. The molecule has 7 nitrogen and oxygen atoms in total. The van der Waals surface area contributed by atoms with Gasteiger partial charge in [-0.05, 0) is 31.2 Å². The predicted molar refractivity (Wildman–Crippen MR) is 112 cm³/mol. The Bertz CT molecular complexity index is 1020. The van der Waals surface area contributed by atoms with E-state index < -0.39 is 18.0 Å². The van der Waals surface area contributed by atoms with Gasteiger partial charge in [0, 0.05) is 23.6 Å². The Labute approximate surface area is 171 Å². The van der Waals surface area contributed by atoms with Crippen LogP contribution in [-0.4, -0.2) is 28.9 Å². The van der Waals surface area contributed by atoms with Gasteiger partial charge in [-0.3, -0.25) is 14.9 Å². The summed E-state index contributed by atoms with van der Waals surface area (Å²) in [4.78, 5) is 40.0. The summed E-state index contributed by atoms with van der Waals surface area (Å²) >= 11 is 1.29. The number of carbonyl (C=O) groups excluding carboxylic acids is 3. The van der Waals surface area contributed by atoms with Gasteiger partial charge in [-0.25, -0.2) is 9.78 Å². The first-order valence-electron chi connectivity index (χ1n) is 8.83. The third-order valence-corrected chi connectivity index (χ3v) is 4.66. The Kier molecular flexibility index (Phi) is 6.36. The van der Waals surface area contributed by atoms with Gasteiger partial charge in [-0.1, -0.05) is 30.3 Å². The summed E-state index contributed by atoms with van der Waals surface area (Å²) in [6, 6.07) is 15.8. The van der Waals surface area contributed by atoms with E-state index in [1.807, 2.05) is 35.7 Å². The molecule has 0 spiro atoms. The second-order valence-electron chi connectivity index (χ2n) is 6.20. The van der Waals surface area contributed by atoms with Crippen LogP contribution in [0.4, 0.5) is 10.8 Å². The number of aromatic nitrogens is 1. The molecule has 0 unspecified atom stereocenters. The van der Waals surface area contributed by atoms with Crippen molar-refractivity contribution in [3.05, 3.63) is 65.5 Å². The van der Waals surface area contributed by atoms with Crippen LogP contribution < -0.4 is 10.6 Å². The highest BCUT2D eigenvalue weighted by molar-refractivity contribution is 7.14. The highest BCUT2D eigenvalue weighted by Gasteiger charge is 2.20. The number of rotatable bonds is 6. The number of nitrogens with zero attached hydrogens (tertiary/aromatic N) is 1. The molecule has 0 radical (unpaired) electrons. The van der Waals surface area contributed by atoms with Crippen LogP contribution in [0.2, 0.25) is 0 Å². The molecule has 0 saturated heterocycles. The molecule has 0 saturated carbocycles. The number of esters is 1. The van der Waals surface area contributed by atoms with Crippen molar-refractivity contribution in [2.45, 2.75) is 20.0 Å². The summed E-state index contributed by atoms with van der Waals surface area (Å²) in [5, 5.41) is 7.55. The molecule has 148 valence electrons. The topological polar surface area (TPSA) is 97.4 Å². The van der Waals surface area contributed by atoms with Crippen LogP contribution in [0.3, 0.4) is 0 Å². The Morgan fingerprint density at radius 3 is 2.34 bits per heavy atom. The lowest BCUT2D eigenvalue weighted by molar-refractivity contribution is -0.123. The Balaban J connectivity index is 1.57. The Hall–Kier alpha value is -3.52. The molecule has 2 N–H and O–H groups in total. The summed E-state index contributed by atoms with van der Waals surface area (Å²) in [6.07, 6.45) is -0.999. The summed E-state index contributed by atoms with van der Waals surface area (Å²) in [5.41, 5.74) is 2.55. The monoisotopic (exact) mass is 409 g/mol. The van der Waals surface area contributed by atoms with Crippen molar-refractivity contribution in [1.29, 1.82) is 0 Å². The highest BCUT2D eigenvalue weighted by Crippen LogP contribution is 2.24. The van der Waals surface area contributed by atoms with Crippen LogP contribution >= 0.6 is 11.3 Å². The summed E-state index contributed by atoms with van der Waals surface area (Å²) in [7, 11) is 0. The molecule has 1 atom stereocenters. The maximum Gasteiger partial charge on any atom is 0.338 e. The van der Waals surface area contributed by atoms with Gasteiger partial charge in [0.25, 0.3) is 5.91 Å². The first-order valence-corrected chi connectivity index (χ1v) is 9.71. The molecule has 1 heterocycles. The van der Waals surface area contributed by atoms with E-state index in [9.17, 15) is 14.4 Å². The number of amides is 2. The van der Waals surface area contributed by atoms with E-state index in [1.54, 1.807) is 12.1 Å². The molecular weight excluding hydrogens is 390 g/mol. The van der Waals surface area contributed by atoms with Crippen molar-refractivity contribution < 1.29 is 19.1 Å². The minimum atomic E-state index is -0.999. The third kappa shape index (κ3) is 5.49. The lowest BCUT2D eigenvalue weighted by Gasteiger charge is -2.12. The van der Waals surface area contributed by atoms with Gasteiger partial charge >= 0.3 is 5.97 Å². The molecular formula is C21H19N3O4S. The van der Waals surface area contributed by atoms with Crippen LogP contribution in [0.15, 0.2) is 60.0 Å². The minimum Gasteiger partial charge on any atom is -0.449 e. The van der Waals surface area contributed by atoms with Crippen LogP contribution in [0, 0.1) is 0 Å². The molecule has 3 aromatic rings. The molecule has 1 aromatic heterocycles. The lowest BCUT2D eigenvalue weighted by atomic mass is 10.2. The molecule has 0 fully saturated rings. The van der Waals surface area contributed by atoms with Crippen molar-refractivity contribution in [3.63, 3.8) is 0 Å². The van der Waals surface area contributed by atoms with Crippen molar-refractivity contribution >= 4 is 39.9 Å². The number of thiazole rings is 1. The fourth-order valence-electron chi connectivity index (χ4n) is 2.45. The molecule has 0 aliphatic carbocycles. The fourth-order valence-corrected chi connectivity index (χ4v) is 3.18. The summed E-state index contributed by atoms with van der Waals surface area (Å²) in [5.74, 6) is -1.31. The number of anilines is 2. The third-order valence-electron chi connectivity index (χ3n) is 3.90. The SMILES string of the molecule is CC(=O)Nc1ccc(C(=O)O[C@@H](C)C(=O)Nc2nc(-c3ccccc3)cs2)cc1. The molecule has 8 heteroatoms. The standard InChI is InChI=1S/C21H19N3O4S/c1-13(28-20(27)16-8-10-17(11-9-16)22-14(2)25)19(26)24-21-23-18(12-29-21)15-6-4-3-5-7-15/h3-13H,1-2H3,(H,22,25)(H,23,24,26)/t13-/m0/s1. The second-order valence-corrected chi connectivity index (χ2v) is 7.06. The van der Waals surface area contributed by atoms with Crippen molar-refractivity contribution in [1.82, 2.24) is 4.98 Å². The number of benzene rings is 2. The van der Waals surface area contributed by atoms with E-state index in [0.29, 0.717) is 10.8 Å². The minimum absolute atomic E-state index is 0.205. The van der Waals surface area contributed by atoms with Crippen LogP contribution in [0.1, 0.15) is 24.2 Å². The first-order chi connectivity index (χ1) is 13.9. The smallest absolute Gasteiger partial charge is 0.338 e. The van der Waals surface area contributed by atoms with Gasteiger partial charge in [-0.15, -0.1) is 11.3 Å². The largest absolute Gasteiger partial charge is 0.449 e. The Morgan fingerprint density at radius 1 is 1.00 bits per heavy atom. The normalized spacial score (nSPS) is 11.4. The maximum absolute atomic E-state index is 12.3. The molecule has 3 rings (SSSR count). The van der Waals surface area contributed by atoms with Gasteiger partial charge in [0.2, 0.25) is 5.91 Å². The van der Waals surface area contributed by atoms with Crippen molar-refractivity contribution in [2.75, 3.05) is 10.6 Å². The van der Waals surface area contributed by atoms with Crippen molar-refractivity contribution in [2.24, 2.45) is 0 Å². The van der Waals surface area contributed by atoms with Crippen LogP contribution in [-0.2, 0) is 14.3 Å². The molecule has 0 aliphatic rings. The van der Waals surface area contributed by atoms with Crippen LogP contribution in [0.5, 0.6) is 0 Å². The maximum atomic E-state index is 12.3. The Morgan fingerprint density at radius 2 is 1.69 bits per heavy atom. The van der Waals surface area contributed by atoms with Gasteiger partial charge in [0.15, 0.2) is 11.2 Å². The lowest BCUT2D eigenvalue weighted by Crippen LogP contribution is -2.30. The predicted octanol–water partition coefficient (Wildman–Crippen LogP) is 3.95. The number of nitrogens with one attached hydrogen (secondary N) is 2. The first kappa shape index (κ1) is 20.2. The second kappa shape index (κ2) is 9.11. The van der Waals surface area contributed by atoms with Gasteiger partial charge < -0.3 is 10.1 Å².